The molecule has 0 saturated carbocycles. The molecule has 1 heterocycles. The maximum Gasteiger partial charge on any atom is 0.241 e. The summed E-state index contributed by atoms with van der Waals surface area (Å²) in [6, 6.07) is 8.66. The number of hydrogen-bond donors (Lipinski definition) is 2. The molecule has 112 valence electrons. The highest BCUT2D eigenvalue weighted by Gasteiger charge is 2.26. The number of hydrogen-bond acceptors (Lipinski definition) is 4. The first-order valence-corrected chi connectivity index (χ1v) is 9.34. The number of aryl methyl sites for hydroxylation is 1. The van der Waals surface area contributed by atoms with Gasteiger partial charge in [0.1, 0.15) is 0 Å². The second kappa shape index (κ2) is 5.88. The highest BCUT2D eigenvalue weighted by Crippen LogP contribution is 2.34. The van der Waals surface area contributed by atoms with Crippen molar-refractivity contribution in [2.24, 2.45) is 5.73 Å². The van der Waals surface area contributed by atoms with Gasteiger partial charge in [0.05, 0.1) is 4.90 Å². The van der Waals surface area contributed by atoms with Crippen molar-refractivity contribution in [3.63, 3.8) is 0 Å². The molecule has 1 atom stereocenters. The lowest BCUT2D eigenvalue weighted by Gasteiger charge is -2.23. The Morgan fingerprint density at radius 3 is 2.71 bits per heavy atom. The van der Waals surface area contributed by atoms with Gasteiger partial charge in [-0.2, -0.15) is 0 Å². The van der Waals surface area contributed by atoms with Gasteiger partial charge in [-0.3, -0.25) is 0 Å². The van der Waals surface area contributed by atoms with Crippen LogP contribution < -0.4 is 10.5 Å². The molecule has 0 bridgehead atoms. The molecule has 3 N–H and O–H groups in total. The monoisotopic (exact) mass is 322 g/mol. The largest absolute Gasteiger partial charge is 0.326 e. The molecule has 2 aromatic rings. The summed E-state index contributed by atoms with van der Waals surface area (Å²) in [5.41, 5.74) is 7.59. The Morgan fingerprint density at radius 1 is 1.24 bits per heavy atom. The van der Waals surface area contributed by atoms with Crippen LogP contribution in [0.3, 0.4) is 0 Å². The Bertz CT molecular complexity index is 720. The van der Waals surface area contributed by atoms with Crippen LogP contribution in [0.1, 0.15) is 34.9 Å². The van der Waals surface area contributed by atoms with E-state index in [0.717, 1.165) is 30.4 Å². The van der Waals surface area contributed by atoms with Crippen LogP contribution in [0.4, 0.5) is 0 Å². The molecule has 1 aliphatic carbocycles. The highest BCUT2D eigenvalue weighted by atomic mass is 32.2. The fraction of sp³-hybridized carbons (Fsp3) is 0.333. The van der Waals surface area contributed by atoms with Crippen molar-refractivity contribution in [1.29, 1.82) is 0 Å². The van der Waals surface area contributed by atoms with Crippen molar-refractivity contribution in [2.45, 2.75) is 36.7 Å². The van der Waals surface area contributed by atoms with E-state index >= 15 is 0 Å². The third-order valence-electron chi connectivity index (χ3n) is 3.82. The topological polar surface area (TPSA) is 72.2 Å². The number of rotatable bonds is 4. The molecule has 0 spiro atoms. The maximum atomic E-state index is 12.5. The summed E-state index contributed by atoms with van der Waals surface area (Å²) in [5, 5.41) is 2.04. The smallest absolute Gasteiger partial charge is 0.241 e. The first-order chi connectivity index (χ1) is 10.1. The molecule has 0 fully saturated rings. The average Bonchev–Trinajstić information content (AvgIpc) is 2.97. The fourth-order valence-electron chi connectivity index (χ4n) is 2.67. The van der Waals surface area contributed by atoms with Gasteiger partial charge in [-0.05, 0) is 54.0 Å². The van der Waals surface area contributed by atoms with Crippen LogP contribution in [0.2, 0.25) is 0 Å². The zero-order valence-electron chi connectivity index (χ0n) is 11.6. The second-order valence-corrected chi connectivity index (χ2v) is 7.93. The summed E-state index contributed by atoms with van der Waals surface area (Å²) >= 11 is 1.71. The minimum atomic E-state index is -3.49. The molecular weight excluding hydrogens is 304 g/mol. The van der Waals surface area contributed by atoms with Crippen LogP contribution in [-0.4, -0.2) is 8.42 Å². The molecule has 4 nitrogen and oxygen atoms in total. The van der Waals surface area contributed by atoms with E-state index in [1.807, 2.05) is 11.4 Å². The van der Waals surface area contributed by atoms with E-state index in [2.05, 4.69) is 4.72 Å². The van der Waals surface area contributed by atoms with Gasteiger partial charge in [0.15, 0.2) is 0 Å². The minimum Gasteiger partial charge on any atom is -0.326 e. The molecule has 3 rings (SSSR count). The third kappa shape index (κ3) is 3.03. The summed E-state index contributed by atoms with van der Waals surface area (Å²) in [5.74, 6) is 0. The van der Waals surface area contributed by atoms with E-state index in [-0.39, 0.29) is 6.04 Å². The summed E-state index contributed by atoms with van der Waals surface area (Å²) < 4.78 is 27.8. The van der Waals surface area contributed by atoms with Crippen LogP contribution in [0, 0.1) is 0 Å². The quantitative estimate of drug-likeness (QED) is 0.908. The standard InChI is InChI=1S/C15H18N2O2S2/c16-10-11-4-6-12(7-5-11)21(18,19)17-14-2-1-3-15-13(14)8-9-20-15/h4-9,14,17H,1-3,10,16H2. The van der Waals surface area contributed by atoms with Crippen LogP contribution in [0.25, 0.3) is 0 Å². The zero-order valence-corrected chi connectivity index (χ0v) is 13.2. The minimum absolute atomic E-state index is 0.112. The SMILES string of the molecule is NCc1ccc(S(=O)(=O)NC2CCCc3sccc32)cc1. The lowest BCUT2D eigenvalue weighted by molar-refractivity contribution is 0.511. The first kappa shape index (κ1) is 14.7. The Hall–Kier alpha value is -1.21. The molecule has 1 aliphatic rings. The van der Waals surface area contributed by atoms with Gasteiger partial charge in [0.25, 0.3) is 0 Å². The highest BCUT2D eigenvalue weighted by molar-refractivity contribution is 7.89. The lowest BCUT2D eigenvalue weighted by Crippen LogP contribution is -2.30. The first-order valence-electron chi connectivity index (χ1n) is 6.98. The fourth-order valence-corrected chi connectivity index (χ4v) is 4.91. The number of nitrogens with two attached hydrogens (primary N) is 1. The second-order valence-electron chi connectivity index (χ2n) is 5.21. The Morgan fingerprint density at radius 2 is 2.00 bits per heavy atom. The third-order valence-corrected chi connectivity index (χ3v) is 6.30. The number of benzene rings is 1. The van der Waals surface area contributed by atoms with E-state index in [4.69, 9.17) is 5.73 Å². The molecule has 21 heavy (non-hydrogen) atoms. The Labute approximate surface area is 129 Å². The summed E-state index contributed by atoms with van der Waals surface area (Å²) in [6.07, 6.45) is 2.92. The van der Waals surface area contributed by atoms with Gasteiger partial charge < -0.3 is 5.73 Å². The molecule has 0 radical (unpaired) electrons. The zero-order chi connectivity index (χ0) is 14.9. The van der Waals surface area contributed by atoms with Gasteiger partial charge in [-0.15, -0.1) is 11.3 Å². The van der Waals surface area contributed by atoms with Crippen molar-refractivity contribution in [1.82, 2.24) is 4.72 Å². The van der Waals surface area contributed by atoms with Crippen LogP contribution in [-0.2, 0) is 23.0 Å². The predicted molar refractivity (Wildman–Crippen MR) is 84.7 cm³/mol. The molecular formula is C15H18N2O2S2. The maximum absolute atomic E-state index is 12.5. The van der Waals surface area contributed by atoms with E-state index in [1.165, 1.54) is 4.88 Å². The van der Waals surface area contributed by atoms with Crippen molar-refractivity contribution in [3.8, 4) is 0 Å². The van der Waals surface area contributed by atoms with Crippen molar-refractivity contribution in [3.05, 3.63) is 51.7 Å². The Kier molecular flexibility index (Phi) is 4.12. The van der Waals surface area contributed by atoms with Crippen molar-refractivity contribution in [2.75, 3.05) is 0 Å². The normalized spacial score (nSPS) is 18.4. The van der Waals surface area contributed by atoms with Crippen LogP contribution in [0.5, 0.6) is 0 Å². The molecule has 1 unspecified atom stereocenters. The summed E-state index contributed by atoms with van der Waals surface area (Å²) in [7, 11) is -3.49. The molecule has 6 heteroatoms. The van der Waals surface area contributed by atoms with Crippen LogP contribution >= 0.6 is 11.3 Å². The molecule has 1 aromatic heterocycles. The summed E-state index contributed by atoms with van der Waals surface area (Å²) in [4.78, 5) is 1.59. The van der Waals surface area contributed by atoms with Gasteiger partial charge in [0, 0.05) is 17.5 Å². The molecule has 0 aliphatic heterocycles. The van der Waals surface area contributed by atoms with Crippen molar-refractivity contribution >= 4 is 21.4 Å². The van der Waals surface area contributed by atoms with Crippen molar-refractivity contribution < 1.29 is 8.42 Å². The Balaban J connectivity index is 1.84. The predicted octanol–water partition coefficient (Wildman–Crippen LogP) is 2.56. The van der Waals surface area contributed by atoms with Gasteiger partial charge in [-0.25, -0.2) is 13.1 Å². The van der Waals surface area contributed by atoms with E-state index in [9.17, 15) is 8.42 Å². The number of fused-ring (bicyclic) bond motifs is 1. The molecule has 0 saturated heterocycles. The molecule has 0 amide bonds. The number of nitrogens with one attached hydrogen (secondary N) is 1. The lowest BCUT2D eigenvalue weighted by atomic mass is 9.95. The van der Waals surface area contributed by atoms with Gasteiger partial charge in [0.2, 0.25) is 10.0 Å². The average molecular weight is 322 g/mol. The van der Waals surface area contributed by atoms with Crippen LogP contribution in [0.15, 0.2) is 40.6 Å². The van der Waals surface area contributed by atoms with E-state index in [1.54, 1.807) is 35.6 Å². The van der Waals surface area contributed by atoms with E-state index < -0.39 is 10.0 Å². The molecule has 1 aromatic carbocycles. The van der Waals surface area contributed by atoms with Gasteiger partial charge in [-0.1, -0.05) is 12.1 Å². The summed E-state index contributed by atoms with van der Waals surface area (Å²) in [6.45, 7) is 0.411. The number of sulfonamides is 1. The van der Waals surface area contributed by atoms with E-state index in [0.29, 0.717) is 11.4 Å². The van der Waals surface area contributed by atoms with Gasteiger partial charge >= 0.3 is 0 Å². The number of thiophene rings is 1.